The van der Waals surface area contributed by atoms with Crippen LogP contribution < -0.4 is 5.73 Å². The summed E-state index contributed by atoms with van der Waals surface area (Å²) in [4.78, 5) is 23.2. The van der Waals surface area contributed by atoms with Crippen molar-refractivity contribution in [1.82, 2.24) is 4.57 Å². The monoisotopic (exact) mass is 310 g/mol. The number of primary amides is 1. The van der Waals surface area contributed by atoms with Gasteiger partial charge in [0.15, 0.2) is 0 Å². The highest BCUT2D eigenvalue weighted by Crippen LogP contribution is 2.29. The number of carbonyl (C=O) groups is 2. The van der Waals surface area contributed by atoms with Gasteiger partial charge in [0.05, 0.1) is 17.7 Å². The van der Waals surface area contributed by atoms with Gasteiger partial charge in [-0.15, -0.1) is 0 Å². The van der Waals surface area contributed by atoms with E-state index in [0.717, 1.165) is 24.3 Å². The second-order valence-corrected chi connectivity index (χ2v) is 4.82. The van der Waals surface area contributed by atoms with Crippen LogP contribution in [0.2, 0.25) is 0 Å². The maximum absolute atomic E-state index is 12.5. The predicted octanol–water partition coefficient (Wildman–Crippen LogP) is 2.30. The van der Waals surface area contributed by atoms with Gasteiger partial charge in [0.25, 0.3) is 0 Å². The van der Waals surface area contributed by atoms with Crippen LogP contribution in [0.1, 0.15) is 27.3 Å². The predicted molar refractivity (Wildman–Crippen MR) is 73.2 cm³/mol. The molecule has 2 aromatic rings. The molecule has 22 heavy (non-hydrogen) atoms. The van der Waals surface area contributed by atoms with Gasteiger partial charge in [-0.3, -0.25) is 9.59 Å². The van der Waals surface area contributed by atoms with Crippen LogP contribution in [0.5, 0.6) is 0 Å². The largest absolute Gasteiger partial charge is 0.416 e. The van der Waals surface area contributed by atoms with Crippen molar-refractivity contribution >= 4 is 11.7 Å². The Kier molecular flexibility index (Phi) is 4.07. The van der Waals surface area contributed by atoms with Crippen LogP contribution in [0.25, 0.3) is 0 Å². The van der Waals surface area contributed by atoms with Crippen molar-refractivity contribution in [2.45, 2.75) is 12.6 Å². The van der Waals surface area contributed by atoms with Crippen LogP contribution in [0, 0.1) is 0 Å². The van der Waals surface area contributed by atoms with E-state index in [1.165, 1.54) is 10.6 Å². The minimum Gasteiger partial charge on any atom is -0.369 e. The van der Waals surface area contributed by atoms with Gasteiger partial charge in [-0.2, -0.15) is 13.2 Å². The van der Waals surface area contributed by atoms with Crippen LogP contribution in [0.3, 0.4) is 0 Å². The van der Waals surface area contributed by atoms with Gasteiger partial charge in [-0.25, -0.2) is 0 Å². The third-order valence-electron chi connectivity index (χ3n) is 3.29. The lowest BCUT2D eigenvalue weighted by molar-refractivity contribution is -0.137. The molecule has 2 rings (SSSR count). The number of aromatic nitrogens is 1. The lowest BCUT2D eigenvalue weighted by atomic mass is 10.1. The number of ketones is 1. The van der Waals surface area contributed by atoms with Gasteiger partial charge < -0.3 is 10.3 Å². The van der Waals surface area contributed by atoms with Gasteiger partial charge in [-0.05, 0) is 24.3 Å². The lowest BCUT2D eigenvalue weighted by Crippen LogP contribution is -2.17. The first-order valence-corrected chi connectivity index (χ1v) is 6.35. The Hall–Kier alpha value is -2.57. The van der Waals surface area contributed by atoms with Gasteiger partial charge in [0.1, 0.15) is 0 Å². The Labute approximate surface area is 124 Å². The van der Waals surface area contributed by atoms with Crippen LogP contribution in [-0.2, 0) is 24.4 Å². The number of benzene rings is 1. The molecule has 1 aromatic carbocycles. The molecule has 0 saturated heterocycles. The highest BCUT2D eigenvalue weighted by molar-refractivity contribution is 6.08. The molecule has 0 aliphatic rings. The molecule has 0 unspecified atom stereocenters. The second kappa shape index (κ2) is 5.67. The topological polar surface area (TPSA) is 65.1 Å². The van der Waals surface area contributed by atoms with Gasteiger partial charge in [0, 0.05) is 18.3 Å². The molecule has 2 N–H and O–H groups in total. The zero-order valence-electron chi connectivity index (χ0n) is 11.6. The maximum atomic E-state index is 12.5. The molecule has 0 aliphatic carbocycles. The van der Waals surface area contributed by atoms with Gasteiger partial charge in [0.2, 0.25) is 11.7 Å². The number of nitrogens with zero attached hydrogens (tertiary/aromatic N) is 1. The van der Waals surface area contributed by atoms with Gasteiger partial charge in [-0.1, -0.05) is 12.1 Å². The number of amides is 1. The summed E-state index contributed by atoms with van der Waals surface area (Å²) in [5.74, 6) is -0.957. The fraction of sp³-hybridized carbons (Fsp3) is 0.200. The van der Waals surface area contributed by atoms with E-state index in [1.54, 1.807) is 13.1 Å². The Morgan fingerprint density at radius 2 is 1.68 bits per heavy atom. The fourth-order valence-electron chi connectivity index (χ4n) is 2.10. The van der Waals surface area contributed by atoms with Crippen molar-refractivity contribution < 1.29 is 22.8 Å². The Balaban J connectivity index is 2.29. The van der Waals surface area contributed by atoms with E-state index < -0.39 is 23.4 Å². The molecule has 0 saturated carbocycles. The molecule has 0 atom stereocenters. The normalized spacial score (nSPS) is 11.5. The van der Waals surface area contributed by atoms with Crippen molar-refractivity contribution in [1.29, 1.82) is 0 Å². The fourth-order valence-corrected chi connectivity index (χ4v) is 2.10. The van der Waals surface area contributed by atoms with Crippen LogP contribution in [0.4, 0.5) is 13.2 Å². The van der Waals surface area contributed by atoms with Crippen molar-refractivity contribution in [2.75, 3.05) is 0 Å². The highest BCUT2D eigenvalue weighted by atomic mass is 19.4. The molecule has 1 amide bonds. The summed E-state index contributed by atoms with van der Waals surface area (Å²) in [5, 5.41) is 0. The smallest absolute Gasteiger partial charge is 0.369 e. The first kappa shape index (κ1) is 15.8. The molecule has 0 bridgehead atoms. The number of nitrogens with two attached hydrogens (primary N) is 1. The molecule has 1 heterocycles. The van der Waals surface area contributed by atoms with E-state index in [-0.39, 0.29) is 17.7 Å². The quantitative estimate of drug-likeness (QED) is 0.881. The molecule has 0 aliphatic heterocycles. The van der Waals surface area contributed by atoms with E-state index in [9.17, 15) is 22.8 Å². The molecule has 116 valence electrons. The molecular formula is C15H13F3N2O2. The zero-order chi connectivity index (χ0) is 16.5. The Morgan fingerprint density at radius 1 is 1.09 bits per heavy atom. The zero-order valence-corrected chi connectivity index (χ0v) is 11.6. The molecule has 7 heteroatoms. The number of hydrogen-bond acceptors (Lipinski definition) is 2. The first-order valence-electron chi connectivity index (χ1n) is 6.35. The standard InChI is InChI=1S/C15H13F3N2O2/c1-20-11(8-13(19)21)6-7-12(20)14(22)9-2-4-10(5-3-9)15(16,17)18/h2-7H,8H2,1H3,(H2,19,21). The second-order valence-electron chi connectivity index (χ2n) is 4.82. The van der Waals surface area contributed by atoms with Crippen LogP contribution in [-0.4, -0.2) is 16.3 Å². The molecule has 1 aromatic heterocycles. The summed E-state index contributed by atoms with van der Waals surface area (Å²) < 4.78 is 39.0. The third kappa shape index (κ3) is 3.19. The highest BCUT2D eigenvalue weighted by Gasteiger charge is 2.30. The number of alkyl halides is 3. The maximum Gasteiger partial charge on any atom is 0.416 e. The summed E-state index contributed by atoms with van der Waals surface area (Å²) in [6, 6.07) is 7.08. The average Bonchev–Trinajstić information content (AvgIpc) is 2.78. The minimum absolute atomic E-state index is 0.0171. The van der Waals surface area contributed by atoms with E-state index in [2.05, 4.69) is 0 Å². The first-order chi connectivity index (χ1) is 10.2. The van der Waals surface area contributed by atoms with Crippen LogP contribution >= 0.6 is 0 Å². The summed E-state index contributed by atoms with van der Waals surface area (Å²) in [5.41, 5.74) is 5.26. The lowest BCUT2D eigenvalue weighted by Gasteiger charge is -2.08. The van der Waals surface area contributed by atoms with Crippen molar-refractivity contribution in [3.8, 4) is 0 Å². The van der Waals surface area contributed by atoms with Crippen molar-refractivity contribution in [3.63, 3.8) is 0 Å². The SMILES string of the molecule is Cn1c(CC(N)=O)ccc1C(=O)c1ccc(C(F)(F)F)cc1. The third-order valence-corrected chi connectivity index (χ3v) is 3.29. The Morgan fingerprint density at radius 3 is 2.18 bits per heavy atom. The number of halogens is 3. The van der Waals surface area contributed by atoms with E-state index >= 15 is 0 Å². The summed E-state index contributed by atoms with van der Waals surface area (Å²) in [6.45, 7) is 0. The minimum atomic E-state index is -4.44. The summed E-state index contributed by atoms with van der Waals surface area (Å²) in [7, 11) is 1.59. The summed E-state index contributed by atoms with van der Waals surface area (Å²) >= 11 is 0. The van der Waals surface area contributed by atoms with E-state index in [1.807, 2.05) is 0 Å². The van der Waals surface area contributed by atoms with E-state index in [4.69, 9.17) is 5.73 Å². The van der Waals surface area contributed by atoms with Crippen molar-refractivity contribution in [2.24, 2.45) is 12.8 Å². The molecule has 4 nitrogen and oxygen atoms in total. The Bertz CT molecular complexity index is 715. The molecule has 0 fully saturated rings. The number of rotatable bonds is 4. The van der Waals surface area contributed by atoms with E-state index in [0.29, 0.717) is 5.69 Å². The van der Waals surface area contributed by atoms with Gasteiger partial charge >= 0.3 is 6.18 Å². The van der Waals surface area contributed by atoms with Crippen LogP contribution in [0.15, 0.2) is 36.4 Å². The summed E-state index contributed by atoms with van der Waals surface area (Å²) in [6.07, 6.45) is -4.46. The molecule has 0 spiro atoms. The molecular weight excluding hydrogens is 297 g/mol. The molecule has 0 radical (unpaired) electrons. The number of carbonyl (C=O) groups excluding carboxylic acids is 2. The number of hydrogen-bond donors (Lipinski definition) is 1. The average molecular weight is 310 g/mol. The van der Waals surface area contributed by atoms with Crippen molar-refractivity contribution in [3.05, 3.63) is 58.9 Å².